The molecule has 0 aliphatic carbocycles. The van der Waals surface area contributed by atoms with Gasteiger partial charge in [0.25, 0.3) is 0 Å². The molecule has 0 aromatic heterocycles. The number of hydrogen-bond acceptors (Lipinski definition) is 8. The van der Waals surface area contributed by atoms with Crippen molar-refractivity contribution in [3.63, 3.8) is 0 Å². The average molecular weight is 679 g/mol. The van der Waals surface area contributed by atoms with Gasteiger partial charge >= 0.3 is 0 Å². The van der Waals surface area contributed by atoms with E-state index >= 15 is 0 Å². The highest BCUT2D eigenvalue weighted by molar-refractivity contribution is 7.89. The maximum absolute atomic E-state index is 12.5. The number of ether oxygens (including phenoxy) is 2. The molecular formula is C32H46N4O8S2. The van der Waals surface area contributed by atoms with E-state index in [4.69, 9.17) is 9.47 Å². The Kier molecular flexibility index (Phi) is 14.0. The summed E-state index contributed by atoms with van der Waals surface area (Å²) in [6.07, 6.45) is 9.31. The van der Waals surface area contributed by atoms with E-state index in [-0.39, 0.29) is 46.9 Å². The maximum atomic E-state index is 12.5. The second-order valence-electron chi connectivity index (χ2n) is 11.7. The van der Waals surface area contributed by atoms with Gasteiger partial charge in [-0.1, -0.05) is 25.7 Å². The van der Waals surface area contributed by atoms with E-state index in [1.165, 1.54) is 24.3 Å². The lowest BCUT2D eigenvalue weighted by atomic mass is 10.1. The third kappa shape index (κ3) is 12.0. The molecule has 254 valence electrons. The van der Waals surface area contributed by atoms with Gasteiger partial charge in [0.1, 0.15) is 0 Å². The molecule has 2 aliphatic heterocycles. The molecule has 4 N–H and O–H groups in total. The van der Waals surface area contributed by atoms with Gasteiger partial charge in [-0.2, -0.15) is 0 Å². The normalized spacial score (nSPS) is 18.4. The third-order valence-electron chi connectivity index (χ3n) is 8.00. The average Bonchev–Trinajstić information content (AvgIpc) is 3.76. The van der Waals surface area contributed by atoms with E-state index in [0.717, 1.165) is 64.2 Å². The van der Waals surface area contributed by atoms with Crippen LogP contribution < -0.4 is 20.1 Å². The highest BCUT2D eigenvalue weighted by atomic mass is 32.2. The molecule has 0 radical (unpaired) electrons. The topological polar surface area (TPSA) is 169 Å². The SMILES string of the molecule is O=C(CCCCCCCCC(=O)Nc1ccc(S(=O)(=O)NCC2CCCO2)cc1)Nc1ccc(S(=O)(=O)NCC2CCCO2)cc1. The fourth-order valence-electron chi connectivity index (χ4n) is 5.34. The molecule has 2 unspecified atom stereocenters. The molecular weight excluding hydrogens is 633 g/mol. The van der Waals surface area contributed by atoms with Crippen molar-refractivity contribution in [3.05, 3.63) is 48.5 Å². The molecule has 0 saturated carbocycles. The van der Waals surface area contributed by atoms with Gasteiger partial charge in [-0.3, -0.25) is 9.59 Å². The minimum absolute atomic E-state index is 0.0857. The molecule has 2 amide bonds. The van der Waals surface area contributed by atoms with Crippen molar-refractivity contribution in [3.8, 4) is 0 Å². The van der Waals surface area contributed by atoms with Crippen LogP contribution in [0.1, 0.15) is 77.0 Å². The minimum Gasteiger partial charge on any atom is -0.377 e. The molecule has 2 aromatic rings. The molecule has 2 aromatic carbocycles. The quantitative estimate of drug-likeness (QED) is 0.160. The Labute approximate surface area is 272 Å². The molecule has 0 spiro atoms. The predicted molar refractivity (Wildman–Crippen MR) is 175 cm³/mol. The van der Waals surface area contributed by atoms with Gasteiger partial charge in [0, 0.05) is 50.5 Å². The highest BCUT2D eigenvalue weighted by Gasteiger charge is 2.21. The Balaban J connectivity index is 1.02. The summed E-state index contributed by atoms with van der Waals surface area (Å²) in [5.41, 5.74) is 1.09. The van der Waals surface area contributed by atoms with E-state index in [1.54, 1.807) is 24.3 Å². The Morgan fingerprint density at radius 3 is 1.30 bits per heavy atom. The first kappa shape index (κ1) is 36.0. The molecule has 46 heavy (non-hydrogen) atoms. The number of hydrogen-bond donors (Lipinski definition) is 4. The first-order valence-corrected chi connectivity index (χ1v) is 19.1. The molecule has 2 heterocycles. The van der Waals surface area contributed by atoms with Crippen molar-refractivity contribution in [2.24, 2.45) is 0 Å². The van der Waals surface area contributed by atoms with Crippen LogP contribution in [0.3, 0.4) is 0 Å². The molecule has 2 aliphatic rings. The summed E-state index contributed by atoms with van der Waals surface area (Å²) in [6, 6.07) is 12.2. The Bertz CT molecular complexity index is 1360. The molecule has 4 rings (SSSR count). The zero-order valence-corrected chi connectivity index (χ0v) is 27.8. The summed E-state index contributed by atoms with van der Waals surface area (Å²) in [6.45, 7) is 1.82. The lowest BCUT2D eigenvalue weighted by Crippen LogP contribution is -2.31. The number of carbonyl (C=O) groups is 2. The standard InChI is InChI=1S/C32H46N4O8S2/c37-31(35-25-13-17-29(18-14-25)45(39,40)33-23-27-9-7-21-43-27)11-5-3-1-2-4-6-12-32(38)36-26-15-19-30(20-16-26)46(41,42)34-24-28-10-8-22-44-28/h13-20,27-28,33-34H,1-12,21-24H2,(H,35,37)(H,36,38). The van der Waals surface area contributed by atoms with Crippen LogP contribution in [-0.2, 0) is 39.1 Å². The minimum atomic E-state index is -3.64. The molecule has 12 nitrogen and oxygen atoms in total. The maximum Gasteiger partial charge on any atom is 0.240 e. The van der Waals surface area contributed by atoms with Crippen molar-refractivity contribution in [1.29, 1.82) is 0 Å². The molecule has 14 heteroatoms. The zero-order chi connectivity index (χ0) is 32.8. The number of anilines is 2. The number of amides is 2. The molecule has 2 atom stereocenters. The fraction of sp³-hybridized carbons (Fsp3) is 0.562. The van der Waals surface area contributed by atoms with Crippen LogP contribution in [0.15, 0.2) is 58.3 Å². The number of nitrogens with one attached hydrogen (secondary N) is 4. The Morgan fingerprint density at radius 1 is 0.587 bits per heavy atom. The van der Waals surface area contributed by atoms with Gasteiger partial charge in [0.2, 0.25) is 31.9 Å². The number of sulfonamides is 2. The van der Waals surface area contributed by atoms with Gasteiger partial charge in [-0.25, -0.2) is 26.3 Å². The lowest BCUT2D eigenvalue weighted by molar-refractivity contribution is -0.117. The van der Waals surface area contributed by atoms with E-state index < -0.39 is 20.0 Å². The van der Waals surface area contributed by atoms with Crippen LogP contribution in [0.25, 0.3) is 0 Å². The smallest absolute Gasteiger partial charge is 0.240 e. The van der Waals surface area contributed by atoms with Crippen molar-refractivity contribution in [2.45, 2.75) is 99.0 Å². The van der Waals surface area contributed by atoms with Crippen molar-refractivity contribution in [1.82, 2.24) is 9.44 Å². The lowest BCUT2D eigenvalue weighted by Gasteiger charge is -2.12. The Hall–Kier alpha value is -2.88. The van der Waals surface area contributed by atoms with Crippen LogP contribution in [0, 0.1) is 0 Å². The van der Waals surface area contributed by atoms with E-state index in [2.05, 4.69) is 20.1 Å². The van der Waals surface area contributed by atoms with E-state index in [0.29, 0.717) is 37.4 Å². The summed E-state index contributed by atoms with van der Waals surface area (Å²) in [5, 5.41) is 5.62. The summed E-state index contributed by atoms with van der Waals surface area (Å²) in [7, 11) is -7.28. The zero-order valence-electron chi connectivity index (χ0n) is 26.2. The number of benzene rings is 2. The number of unbranched alkanes of at least 4 members (excludes halogenated alkanes) is 5. The van der Waals surface area contributed by atoms with Crippen LogP contribution in [-0.4, -0.2) is 67.2 Å². The number of rotatable bonds is 19. The third-order valence-corrected chi connectivity index (χ3v) is 10.9. The van der Waals surface area contributed by atoms with Gasteiger partial charge in [-0.05, 0) is 87.1 Å². The van der Waals surface area contributed by atoms with Crippen LogP contribution in [0.2, 0.25) is 0 Å². The second-order valence-corrected chi connectivity index (χ2v) is 15.3. The van der Waals surface area contributed by atoms with Gasteiger partial charge in [0.15, 0.2) is 0 Å². The first-order valence-electron chi connectivity index (χ1n) is 16.1. The Morgan fingerprint density at radius 2 is 0.957 bits per heavy atom. The van der Waals surface area contributed by atoms with E-state index in [9.17, 15) is 26.4 Å². The number of carbonyl (C=O) groups excluding carboxylic acids is 2. The monoisotopic (exact) mass is 678 g/mol. The summed E-state index contributed by atoms with van der Waals surface area (Å²) < 4.78 is 66.0. The summed E-state index contributed by atoms with van der Waals surface area (Å²) in [5.74, 6) is -0.242. The molecule has 2 saturated heterocycles. The van der Waals surface area contributed by atoms with Crippen molar-refractivity contribution in [2.75, 3.05) is 36.9 Å². The first-order chi connectivity index (χ1) is 22.1. The van der Waals surface area contributed by atoms with Gasteiger partial charge in [-0.15, -0.1) is 0 Å². The van der Waals surface area contributed by atoms with Gasteiger partial charge in [0.05, 0.1) is 22.0 Å². The van der Waals surface area contributed by atoms with Crippen molar-refractivity contribution < 1.29 is 35.9 Å². The second kappa shape index (κ2) is 17.9. The molecule has 0 bridgehead atoms. The predicted octanol–water partition coefficient (Wildman–Crippen LogP) is 4.30. The van der Waals surface area contributed by atoms with Crippen LogP contribution >= 0.6 is 0 Å². The van der Waals surface area contributed by atoms with Gasteiger partial charge < -0.3 is 20.1 Å². The fourth-order valence-corrected chi connectivity index (χ4v) is 7.48. The largest absolute Gasteiger partial charge is 0.377 e. The summed E-state index contributed by atoms with van der Waals surface area (Å²) >= 11 is 0. The molecule has 2 fully saturated rings. The van der Waals surface area contributed by atoms with Crippen LogP contribution in [0.4, 0.5) is 11.4 Å². The van der Waals surface area contributed by atoms with E-state index in [1.807, 2.05) is 0 Å². The summed E-state index contributed by atoms with van der Waals surface area (Å²) in [4.78, 5) is 24.9. The van der Waals surface area contributed by atoms with Crippen molar-refractivity contribution >= 4 is 43.2 Å². The van der Waals surface area contributed by atoms with Crippen LogP contribution in [0.5, 0.6) is 0 Å². The highest BCUT2D eigenvalue weighted by Crippen LogP contribution is 2.18.